The molecule has 8 heteroatoms. The number of ether oxygens (including phenoxy) is 4. The molecule has 6 unspecified atom stereocenters. The van der Waals surface area contributed by atoms with E-state index in [1.54, 1.807) is 0 Å². The van der Waals surface area contributed by atoms with Gasteiger partial charge in [0.25, 0.3) is 0 Å². The molecule has 30 heavy (non-hydrogen) atoms. The van der Waals surface area contributed by atoms with Gasteiger partial charge in [0.1, 0.15) is 0 Å². The second kappa shape index (κ2) is 15.9. The third-order valence-electron chi connectivity index (χ3n) is 4.95. The van der Waals surface area contributed by atoms with Gasteiger partial charge in [-0.25, -0.2) is 0 Å². The molecule has 0 rings (SSSR count). The van der Waals surface area contributed by atoms with Crippen molar-refractivity contribution in [1.29, 1.82) is 0 Å². The fourth-order valence-corrected chi connectivity index (χ4v) is 9.34. The predicted octanol–water partition coefficient (Wildman–Crippen LogP) is 5.96. The minimum absolute atomic E-state index is 0.200. The summed E-state index contributed by atoms with van der Waals surface area (Å²) in [6, 6.07) is 0. The van der Waals surface area contributed by atoms with Gasteiger partial charge in [0, 0.05) is 0 Å². The summed E-state index contributed by atoms with van der Waals surface area (Å²) in [4.78, 5) is 0. The molecule has 0 saturated carbocycles. The molecule has 5 nitrogen and oxygen atoms in total. The Morgan fingerprint density at radius 2 is 1.17 bits per heavy atom. The average molecular weight is 530 g/mol. The van der Waals surface area contributed by atoms with Gasteiger partial charge in [-0.2, -0.15) is 0 Å². The average Bonchev–Trinajstić information content (AvgIpc) is 2.62. The third kappa shape index (κ3) is 11.9. The van der Waals surface area contributed by atoms with Crippen LogP contribution in [0.3, 0.4) is 0 Å². The Morgan fingerprint density at radius 3 is 1.57 bits per heavy atom. The van der Waals surface area contributed by atoms with Crippen molar-refractivity contribution < 1.29 is 22.7 Å². The molecule has 0 heterocycles. The zero-order chi connectivity index (χ0) is 23.3. The van der Waals surface area contributed by atoms with Gasteiger partial charge in [-0.3, -0.25) is 0 Å². The molecular weight excluding hydrogens is 481 g/mol. The fraction of sp³-hybridized carbons (Fsp3) is 1.00. The van der Waals surface area contributed by atoms with E-state index in [9.17, 15) is 0 Å². The van der Waals surface area contributed by atoms with Crippen molar-refractivity contribution in [2.24, 2.45) is 0 Å². The quantitative estimate of drug-likeness (QED) is 0.0893. The Morgan fingerprint density at radius 1 is 0.733 bits per heavy atom. The van der Waals surface area contributed by atoms with Crippen LogP contribution in [0.2, 0.25) is 5.21 Å². The van der Waals surface area contributed by atoms with Crippen molar-refractivity contribution in [1.82, 2.24) is 0 Å². The molecule has 0 bridgehead atoms. The molecule has 0 aromatic heterocycles. The molecule has 0 aliphatic heterocycles. The van der Waals surface area contributed by atoms with Crippen LogP contribution in [-0.4, -0.2) is 70.5 Å². The molecule has 0 saturated heterocycles. The van der Waals surface area contributed by atoms with Crippen LogP contribution < -0.4 is 0 Å². The first-order valence-electron chi connectivity index (χ1n) is 11.6. The normalized spacial score (nSPS) is 18.2. The Balaban J connectivity index is 5.41. The standard InChI is InChI=1S/C22H49AsO5P2/c1-11-16-23-28-20(8,19(7)30-22(10,26-14-4)27-15-5)17-18(6)29-21(9,24-12-2)25-13-3/h18-19,23,29-30H,11-17H2,1-10H3. The van der Waals surface area contributed by atoms with E-state index in [1.165, 1.54) is 11.6 Å². The molecule has 0 aliphatic carbocycles. The van der Waals surface area contributed by atoms with E-state index in [-0.39, 0.29) is 5.60 Å². The predicted molar refractivity (Wildman–Crippen MR) is 135 cm³/mol. The maximum atomic E-state index is 6.68. The molecule has 0 N–H and O–H groups in total. The van der Waals surface area contributed by atoms with Crippen LogP contribution in [-0.2, 0) is 22.7 Å². The van der Waals surface area contributed by atoms with Crippen LogP contribution in [0.5, 0.6) is 0 Å². The summed E-state index contributed by atoms with van der Waals surface area (Å²) < 4.78 is 30.7. The van der Waals surface area contributed by atoms with E-state index >= 15 is 0 Å². The topological polar surface area (TPSA) is 46.2 Å². The number of rotatable bonds is 19. The molecule has 0 radical (unpaired) electrons. The Hall–Kier alpha value is 1.22. The van der Waals surface area contributed by atoms with E-state index in [0.717, 1.165) is 6.42 Å². The molecule has 0 amide bonds. The van der Waals surface area contributed by atoms with Crippen LogP contribution in [0.1, 0.15) is 82.1 Å². The third-order valence-corrected chi connectivity index (χ3v) is 11.1. The second-order valence-electron chi connectivity index (χ2n) is 8.05. The molecule has 182 valence electrons. The first kappa shape index (κ1) is 31.2. The summed E-state index contributed by atoms with van der Waals surface area (Å²) in [5, 5.41) is 1.20. The van der Waals surface area contributed by atoms with E-state index in [2.05, 4.69) is 41.5 Å². The Labute approximate surface area is 197 Å². The minimum atomic E-state index is -0.547. The van der Waals surface area contributed by atoms with Crippen molar-refractivity contribution in [2.75, 3.05) is 26.4 Å². The van der Waals surface area contributed by atoms with Crippen molar-refractivity contribution in [2.45, 2.75) is 115 Å². The second-order valence-corrected chi connectivity index (χ2v) is 14.4. The van der Waals surface area contributed by atoms with Crippen LogP contribution in [0.15, 0.2) is 0 Å². The van der Waals surface area contributed by atoms with Crippen molar-refractivity contribution in [3.05, 3.63) is 0 Å². The van der Waals surface area contributed by atoms with Gasteiger partial charge in [0.15, 0.2) is 0 Å². The summed E-state index contributed by atoms with van der Waals surface area (Å²) in [6.45, 7) is 24.0. The van der Waals surface area contributed by atoms with E-state index < -0.39 is 27.1 Å². The van der Waals surface area contributed by atoms with Crippen LogP contribution in [0.25, 0.3) is 0 Å². The Bertz CT molecular complexity index is 432. The molecule has 0 spiro atoms. The summed E-state index contributed by atoms with van der Waals surface area (Å²) in [5.74, 6) is 0. The molecular formula is C22H49AsO5P2. The van der Waals surface area contributed by atoms with Gasteiger partial charge in [-0.1, -0.05) is 0 Å². The first-order chi connectivity index (χ1) is 14.0. The summed E-state index contributed by atoms with van der Waals surface area (Å²) in [7, 11) is 1.06. The molecule has 0 aromatic carbocycles. The maximum absolute atomic E-state index is 6.68. The SMILES string of the molecule is CCC[AsH]OC(C)(CC(C)PC(C)(OCC)OCC)C(C)PC(C)(OCC)OCC. The van der Waals surface area contributed by atoms with Crippen molar-refractivity contribution >= 4 is 33.3 Å². The summed E-state index contributed by atoms with van der Waals surface area (Å²) in [5.41, 5.74) is -0.493. The monoisotopic (exact) mass is 530 g/mol. The van der Waals surface area contributed by atoms with Gasteiger partial charge in [0.2, 0.25) is 0 Å². The van der Waals surface area contributed by atoms with Gasteiger partial charge in [-0.15, -0.1) is 0 Å². The van der Waals surface area contributed by atoms with Gasteiger partial charge in [0.05, 0.1) is 0 Å². The summed E-state index contributed by atoms with van der Waals surface area (Å²) in [6.07, 6.45) is 2.17. The van der Waals surface area contributed by atoms with Gasteiger partial charge in [-0.05, 0) is 0 Å². The van der Waals surface area contributed by atoms with E-state index in [1.807, 2.05) is 27.7 Å². The first-order valence-corrected chi connectivity index (χ1v) is 16.0. The molecule has 0 fully saturated rings. The van der Waals surface area contributed by atoms with E-state index in [0.29, 0.717) is 54.9 Å². The fourth-order valence-electron chi connectivity index (χ4n) is 3.63. The van der Waals surface area contributed by atoms with Crippen molar-refractivity contribution in [3.8, 4) is 0 Å². The van der Waals surface area contributed by atoms with Crippen LogP contribution in [0.4, 0.5) is 0 Å². The van der Waals surface area contributed by atoms with E-state index in [4.69, 9.17) is 22.7 Å². The van der Waals surface area contributed by atoms with Gasteiger partial charge >= 0.3 is 198 Å². The molecule has 0 aromatic rings. The molecule has 0 aliphatic rings. The number of hydrogen-bond donors (Lipinski definition) is 0. The molecule has 6 atom stereocenters. The van der Waals surface area contributed by atoms with Crippen LogP contribution in [0, 0.1) is 0 Å². The van der Waals surface area contributed by atoms with Gasteiger partial charge < -0.3 is 0 Å². The zero-order valence-corrected chi connectivity index (χ0v) is 25.2. The summed E-state index contributed by atoms with van der Waals surface area (Å²) >= 11 is -0.419. The Kier molecular flexibility index (Phi) is 16.6. The zero-order valence-electron chi connectivity index (χ0n) is 21.1. The van der Waals surface area contributed by atoms with Crippen LogP contribution >= 0.6 is 17.2 Å². The van der Waals surface area contributed by atoms with Crippen molar-refractivity contribution in [3.63, 3.8) is 0 Å². The number of hydrogen-bond acceptors (Lipinski definition) is 5.